The van der Waals surface area contributed by atoms with E-state index >= 15 is 0 Å². The Bertz CT molecular complexity index is 808. The molecule has 0 heterocycles. The zero-order valence-electron chi connectivity index (χ0n) is 16.4. The van der Waals surface area contributed by atoms with Crippen molar-refractivity contribution < 1.29 is 9.63 Å². The molecule has 0 amide bonds. The molecule has 144 valence electrons. The van der Waals surface area contributed by atoms with Gasteiger partial charge in [-0.1, -0.05) is 105 Å². The van der Waals surface area contributed by atoms with Crippen LogP contribution in [0.3, 0.4) is 0 Å². The fourth-order valence-electron chi connectivity index (χ4n) is 3.09. The molecule has 3 rings (SSSR count). The van der Waals surface area contributed by atoms with Gasteiger partial charge in [0.1, 0.15) is 6.10 Å². The summed E-state index contributed by atoms with van der Waals surface area (Å²) in [6.45, 7) is 4.19. The molecule has 1 atom stereocenters. The van der Waals surface area contributed by atoms with Crippen LogP contribution in [0.25, 0.3) is 0 Å². The minimum atomic E-state index is -0.240. The number of hydrogen-bond donors (Lipinski definition) is 1. The molecule has 0 spiro atoms. The molecule has 1 N–H and O–H groups in total. The number of benzene rings is 3. The van der Waals surface area contributed by atoms with E-state index in [9.17, 15) is 4.79 Å². The highest BCUT2D eigenvalue weighted by Gasteiger charge is 2.22. The summed E-state index contributed by atoms with van der Waals surface area (Å²) >= 11 is 0. The zero-order chi connectivity index (χ0) is 19.8. The zero-order valence-corrected chi connectivity index (χ0v) is 16.4. The molecule has 0 bridgehead atoms. The van der Waals surface area contributed by atoms with E-state index < -0.39 is 0 Å². The first-order valence-electron chi connectivity index (χ1n) is 9.74. The normalized spacial score (nSPS) is 12.3. The first-order chi connectivity index (χ1) is 13.6. The number of Topliss-reactive ketones (excluding diaryl/α,β-unsaturated/α-hetero) is 1. The quantitative estimate of drug-likeness (QED) is 0.392. The van der Waals surface area contributed by atoms with Gasteiger partial charge in [-0.15, -0.1) is 0 Å². The number of carbonyl (C=O) groups excluding carboxylic acids is 1. The third-order valence-corrected chi connectivity index (χ3v) is 4.85. The predicted molar refractivity (Wildman–Crippen MR) is 113 cm³/mol. The topological polar surface area (TPSA) is 38.3 Å². The summed E-state index contributed by atoms with van der Waals surface area (Å²) in [7, 11) is 0. The van der Waals surface area contributed by atoms with Gasteiger partial charge in [0.2, 0.25) is 0 Å². The maximum Gasteiger partial charge on any atom is 0.164 e. The van der Waals surface area contributed by atoms with Crippen LogP contribution in [0.5, 0.6) is 0 Å². The molecule has 0 aromatic heterocycles. The number of carbonyl (C=O) groups is 1. The second-order valence-corrected chi connectivity index (χ2v) is 7.28. The maximum atomic E-state index is 12.6. The molecule has 0 saturated heterocycles. The van der Waals surface area contributed by atoms with E-state index in [-0.39, 0.29) is 23.8 Å². The van der Waals surface area contributed by atoms with Crippen molar-refractivity contribution in [2.75, 3.05) is 0 Å². The summed E-state index contributed by atoms with van der Waals surface area (Å²) in [6.07, 6.45) is 0.147. The minimum absolute atomic E-state index is 0.0809. The summed E-state index contributed by atoms with van der Waals surface area (Å²) in [5, 5.41) is 0. The first kappa shape index (κ1) is 20.0. The van der Waals surface area contributed by atoms with E-state index in [4.69, 9.17) is 4.84 Å². The van der Waals surface area contributed by atoms with Gasteiger partial charge in [0, 0.05) is 18.0 Å². The number of hydrogen-bond acceptors (Lipinski definition) is 3. The van der Waals surface area contributed by atoms with Crippen LogP contribution < -0.4 is 5.48 Å². The number of hydroxylamine groups is 1. The Morgan fingerprint density at radius 3 is 1.71 bits per heavy atom. The van der Waals surface area contributed by atoms with Gasteiger partial charge in [-0.3, -0.25) is 9.63 Å². The smallest absolute Gasteiger partial charge is 0.164 e. The summed E-state index contributed by atoms with van der Waals surface area (Å²) in [5.41, 5.74) is 6.07. The highest BCUT2D eigenvalue weighted by atomic mass is 16.7. The lowest BCUT2D eigenvalue weighted by Crippen LogP contribution is -2.37. The summed E-state index contributed by atoms with van der Waals surface area (Å²) < 4.78 is 0. The molecule has 0 saturated carbocycles. The van der Waals surface area contributed by atoms with E-state index in [1.807, 2.05) is 66.7 Å². The van der Waals surface area contributed by atoms with E-state index in [1.165, 1.54) is 0 Å². The SMILES string of the molecule is CC(C)[C@@H](CC(=O)c1ccccc1)NOC(c1ccccc1)c1ccccc1. The van der Waals surface area contributed by atoms with Crippen molar-refractivity contribution in [2.24, 2.45) is 5.92 Å². The Morgan fingerprint density at radius 2 is 1.25 bits per heavy atom. The molecule has 28 heavy (non-hydrogen) atoms. The van der Waals surface area contributed by atoms with E-state index in [1.54, 1.807) is 0 Å². The standard InChI is InChI=1S/C25H27NO2/c1-19(2)23(18-24(27)20-12-6-3-7-13-20)26-28-25(21-14-8-4-9-15-21)22-16-10-5-11-17-22/h3-17,19,23,25-26H,18H2,1-2H3/t23-/m1/s1. The molecule has 0 radical (unpaired) electrons. The monoisotopic (exact) mass is 373 g/mol. The van der Waals surface area contributed by atoms with Crippen LogP contribution in [0, 0.1) is 5.92 Å². The van der Waals surface area contributed by atoms with Crippen molar-refractivity contribution in [2.45, 2.75) is 32.4 Å². The van der Waals surface area contributed by atoms with Crippen LogP contribution in [0.4, 0.5) is 0 Å². The van der Waals surface area contributed by atoms with Crippen molar-refractivity contribution in [3.63, 3.8) is 0 Å². The summed E-state index contributed by atoms with van der Waals surface area (Å²) in [5.74, 6) is 0.367. The molecule has 3 aromatic carbocycles. The van der Waals surface area contributed by atoms with E-state index in [2.05, 4.69) is 43.6 Å². The van der Waals surface area contributed by atoms with Crippen molar-refractivity contribution in [1.82, 2.24) is 5.48 Å². The van der Waals surface area contributed by atoms with Gasteiger partial charge in [-0.05, 0) is 17.0 Å². The molecule has 3 nitrogen and oxygen atoms in total. The highest BCUT2D eigenvalue weighted by Crippen LogP contribution is 2.25. The fourth-order valence-corrected chi connectivity index (χ4v) is 3.09. The van der Waals surface area contributed by atoms with E-state index in [0.717, 1.165) is 16.7 Å². The Kier molecular flexibility index (Phi) is 7.12. The van der Waals surface area contributed by atoms with Gasteiger partial charge < -0.3 is 0 Å². The van der Waals surface area contributed by atoms with Gasteiger partial charge in [0.05, 0.1) is 0 Å². The molecule has 0 fully saturated rings. The lowest BCUT2D eigenvalue weighted by molar-refractivity contribution is -0.0352. The van der Waals surface area contributed by atoms with Crippen LogP contribution in [0.1, 0.15) is 47.9 Å². The third-order valence-electron chi connectivity index (χ3n) is 4.85. The Labute approximate surface area is 167 Å². The van der Waals surface area contributed by atoms with Crippen molar-refractivity contribution >= 4 is 5.78 Å². The lowest BCUT2D eigenvalue weighted by atomic mass is 9.96. The average Bonchev–Trinajstić information content (AvgIpc) is 2.75. The molecule has 0 aliphatic rings. The molecule has 3 heteroatoms. The van der Waals surface area contributed by atoms with Crippen LogP contribution in [0.15, 0.2) is 91.0 Å². The van der Waals surface area contributed by atoms with E-state index in [0.29, 0.717) is 6.42 Å². The third kappa shape index (κ3) is 5.38. The van der Waals surface area contributed by atoms with Gasteiger partial charge in [0.25, 0.3) is 0 Å². The minimum Gasteiger partial charge on any atom is -0.294 e. The van der Waals surface area contributed by atoms with Crippen LogP contribution in [-0.2, 0) is 4.84 Å². The first-order valence-corrected chi connectivity index (χ1v) is 9.74. The molecule has 0 aliphatic carbocycles. The highest BCUT2D eigenvalue weighted by molar-refractivity contribution is 5.96. The van der Waals surface area contributed by atoms with Crippen LogP contribution in [-0.4, -0.2) is 11.8 Å². The second-order valence-electron chi connectivity index (χ2n) is 7.28. The van der Waals surface area contributed by atoms with Crippen LogP contribution >= 0.6 is 0 Å². The second kappa shape index (κ2) is 9.98. The fraction of sp³-hybridized carbons (Fsp3) is 0.240. The summed E-state index contributed by atoms with van der Waals surface area (Å²) in [6, 6.07) is 29.6. The Hall–Kier alpha value is -2.75. The van der Waals surface area contributed by atoms with Gasteiger partial charge in [0.15, 0.2) is 5.78 Å². The molecule has 0 unspecified atom stereocenters. The molecular formula is C25H27NO2. The number of nitrogens with one attached hydrogen (secondary N) is 1. The molecular weight excluding hydrogens is 346 g/mol. The van der Waals surface area contributed by atoms with Crippen molar-refractivity contribution in [3.8, 4) is 0 Å². The molecule has 3 aromatic rings. The Balaban J connectivity index is 1.73. The number of ketones is 1. The largest absolute Gasteiger partial charge is 0.294 e. The maximum absolute atomic E-state index is 12.6. The molecule has 0 aliphatic heterocycles. The van der Waals surface area contributed by atoms with Gasteiger partial charge in [-0.25, -0.2) is 0 Å². The van der Waals surface area contributed by atoms with Crippen LogP contribution in [0.2, 0.25) is 0 Å². The Morgan fingerprint density at radius 1 is 0.786 bits per heavy atom. The van der Waals surface area contributed by atoms with Crippen molar-refractivity contribution in [1.29, 1.82) is 0 Å². The van der Waals surface area contributed by atoms with Gasteiger partial charge >= 0.3 is 0 Å². The number of rotatable bonds is 9. The summed E-state index contributed by atoms with van der Waals surface area (Å²) in [4.78, 5) is 18.8. The van der Waals surface area contributed by atoms with Gasteiger partial charge in [-0.2, -0.15) is 5.48 Å². The lowest BCUT2D eigenvalue weighted by Gasteiger charge is -2.26. The average molecular weight is 373 g/mol. The predicted octanol–water partition coefficient (Wildman–Crippen LogP) is 5.59. The van der Waals surface area contributed by atoms with Crippen molar-refractivity contribution in [3.05, 3.63) is 108 Å².